The van der Waals surface area contributed by atoms with Gasteiger partial charge in [0.15, 0.2) is 0 Å². The van der Waals surface area contributed by atoms with Gasteiger partial charge in [0.2, 0.25) is 0 Å². The van der Waals surface area contributed by atoms with Gasteiger partial charge in [0.1, 0.15) is 17.6 Å². The van der Waals surface area contributed by atoms with Crippen LogP contribution in [0.1, 0.15) is 42.5 Å². The molecule has 2 saturated heterocycles. The summed E-state index contributed by atoms with van der Waals surface area (Å²) in [6.07, 6.45) is 2.45. The average molecular weight is 470 g/mol. The number of amides is 1. The fourth-order valence-corrected chi connectivity index (χ4v) is 5.61. The second-order valence-electron chi connectivity index (χ2n) is 9.61. The Morgan fingerprint density at radius 2 is 1.91 bits per heavy atom. The summed E-state index contributed by atoms with van der Waals surface area (Å²) in [6, 6.07) is 18.5. The highest BCUT2D eigenvalue weighted by Crippen LogP contribution is 2.43. The molecule has 3 aromatic carbocycles. The number of aliphatic hydroxyl groups is 1. The first-order valence-electron chi connectivity index (χ1n) is 12.2. The molecule has 0 saturated carbocycles. The SMILES string of the molecule is C[C@H]1Cc2cc(C(O)=C3C(=O)C(=O)N(C[C@H]4CCCO4)[C@@H]3c3cccc4ccccc34)ccc2O1. The van der Waals surface area contributed by atoms with Gasteiger partial charge in [-0.3, -0.25) is 9.59 Å². The lowest BCUT2D eigenvalue weighted by atomic mass is 9.91. The molecule has 3 atom stereocenters. The van der Waals surface area contributed by atoms with E-state index in [1.54, 1.807) is 11.0 Å². The quantitative estimate of drug-likeness (QED) is 0.339. The summed E-state index contributed by atoms with van der Waals surface area (Å²) in [7, 11) is 0. The summed E-state index contributed by atoms with van der Waals surface area (Å²) in [4.78, 5) is 28.4. The summed E-state index contributed by atoms with van der Waals surface area (Å²) in [5, 5.41) is 13.5. The van der Waals surface area contributed by atoms with Crippen LogP contribution in [0.2, 0.25) is 0 Å². The molecule has 3 aromatic rings. The Hall–Kier alpha value is -3.64. The van der Waals surface area contributed by atoms with Crippen molar-refractivity contribution in [2.24, 2.45) is 0 Å². The largest absolute Gasteiger partial charge is 0.507 e. The zero-order valence-electron chi connectivity index (χ0n) is 19.6. The third kappa shape index (κ3) is 3.69. The number of benzene rings is 3. The standard InChI is InChI=1S/C29H27NO5/c1-17-14-20-15-19(11-12-24(20)35-17)27(31)25-26(23-10-4-7-18-6-2-3-9-22(18)23)30(29(33)28(25)32)16-21-8-5-13-34-21/h2-4,6-7,9-12,15,17,21,26,31H,5,8,13-14,16H2,1H3/t17-,21+,26+/m0/s1. The van der Waals surface area contributed by atoms with E-state index in [0.717, 1.165) is 46.9 Å². The number of nitrogens with zero attached hydrogens (tertiary/aromatic N) is 1. The van der Waals surface area contributed by atoms with Gasteiger partial charge in [0.05, 0.1) is 17.7 Å². The van der Waals surface area contributed by atoms with E-state index >= 15 is 0 Å². The monoisotopic (exact) mass is 469 g/mol. The van der Waals surface area contributed by atoms with Gasteiger partial charge < -0.3 is 19.5 Å². The highest BCUT2D eigenvalue weighted by molar-refractivity contribution is 6.46. The fourth-order valence-electron chi connectivity index (χ4n) is 5.61. The smallest absolute Gasteiger partial charge is 0.295 e. The Kier molecular flexibility index (Phi) is 5.33. The number of aliphatic hydroxyl groups excluding tert-OH is 1. The highest BCUT2D eigenvalue weighted by atomic mass is 16.5. The van der Waals surface area contributed by atoms with E-state index in [1.165, 1.54) is 0 Å². The molecular formula is C29H27NO5. The zero-order chi connectivity index (χ0) is 24.1. The van der Waals surface area contributed by atoms with Crippen molar-refractivity contribution in [3.63, 3.8) is 0 Å². The number of hydrogen-bond donors (Lipinski definition) is 1. The van der Waals surface area contributed by atoms with Crippen LogP contribution in [-0.2, 0) is 20.7 Å². The lowest BCUT2D eigenvalue weighted by Crippen LogP contribution is -2.36. The number of likely N-dealkylation sites (tertiary alicyclic amines) is 1. The molecule has 1 N–H and O–H groups in total. The Morgan fingerprint density at radius 3 is 2.74 bits per heavy atom. The second kappa shape index (κ2) is 8.54. The molecule has 6 heteroatoms. The fraction of sp³-hybridized carbons (Fsp3) is 0.310. The minimum atomic E-state index is -0.700. The van der Waals surface area contributed by atoms with E-state index in [4.69, 9.17) is 9.47 Å². The Balaban J connectivity index is 1.52. The predicted molar refractivity (Wildman–Crippen MR) is 132 cm³/mol. The number of Topliss-reactive ketones (excluding diaryl/α,β-unsaturated/α-hetero) is 1. The number of ketones is 1. The Labute approximate surface area is 203 Å². The van der Waals surface area contributed by atoms with Gasteiger partial charge in [0, 0.05) is 25.1 Å². The third-order valence-corrected chi connectivity index (χ3v) is 7.25. The summed E-state index contributed by atoms with van der Waals surface area (Å²) >= 11 is 0. The van der Waals surface area contributed by atoms with Gasteiger partial charge in [-0.1, -0.05) is 42.5 Å². The van der Waals surface area contributed by atoms with E-state index < -0.39 is 17.7 Å². The van der Waals surface area contributed by atoms with Gasteiger partial charge in [-0.25, -0.2) is 0 Å². The van der Waals surface area contributed by atoms with Crippen molar-refractivity contribution in [1.29, 1.82) is 0 Å². The molecule has 0 unspecified atom stereocenters. The van der Waals surface area contributed by atoms with Gasteiger partial charge in [-0.2, -0.15) is 0 Å². The summed E-state index contributed by atoms with van der Waals surface area (Å²) in [5.41, 5.74) is 2.44. The van der Waals surface area contributed by atoms with Crippen molar-refractivity contribution in [2.45, 2.75) is 44.4 Å². The highest BCUT2D eigenvalue weighted by Gasteiger charge is 2.47. The molecule has 0 aliphatic carbocycles. The summed E-state index contributed by atoms with van der Waals surface area (Å²) < 4.78 is 11.6. The molecule has 0 radical (unpaired) electrons. The van der Waals surface area contributed by atoms with Crippen LogP contribution >= 0.6 is 0 Å². The molecule has 6 nitrogen and oxygen atoms in total. The van der Waals surface area contributed by atoms with Crippen LogP contribution in [-0.4, -0.2) is 47.1 Å². The topological polar surface area (TPSA) is 76.1 Å². The van der Waals surface area contributed by atoms with Gasteiger partial charge in [0.25, 0.3) is 11.7 Å². The van der Waals surface area contributed by atoms with E-state index in [2.05, 4.69) is 0 Å². The van der Waals surface area contributed by atoms with E-state index in [1.807, 2.05) is 61.5 Å². The number of fused-ring (bicyclic) bond motifs is 2. The minimum absolute atomic E-state index is 0.0649. The molecule has 3 aliphatic heterocycles. The van der Waals surface area contributed by atoms with Gasteiger partial charge in [-0.15, -0.1) is 0 Å². The maximum Gasteiger partial charge on any atom is 0.295 e. The van der Waals surface area contributed by atoms with Gasteiger partial charge >= 0.3 is 0 Å². The predicted octanol–water partition coefficient (Wildman–Crippen LogP) is 4.76. The van der Waals surface area contributed by atoms with Crippen LogP contribution in [0.4, 0.5) is 0 Å². The number of ether oxygens (including phenoxy) is 2. The molecule has 35 heavy (non-hydrogen) atoms. The van der Waals surface area contributed by atoms with Crippen LogP contribution in [0, 0.1) is 0 Å². The van der Waals surface area contributed by atoms with Crippen LogP contribution in [0.5, 0.6) is 5.75 Å². The average Bonchev–Trinajstić information content (AvgIpc) is 3.57. The lowest BCUT2D eigenvalue weighted by Gasteiger charge is -2.28. The third-order valence-electron chi connectivity index (χ3n) is 7.25. The molecule has 0 spiro atoms. The van der Waals surface area contributed by atoms with Crippen molar-refractivity contribution in [3.8, 4) is 5.75 Å². The minimum Gasteiger partial charge on any atom is -0.507 e. The summed E-state index contributed by atoms with van der Waals surface area (Å²) in [6.45, 7) is 2.96. The second-order valence-corrected chi connectivity index (χ2v) is 9.61. The lowest BCUT2D eigenvalue weighted by molar-refractivity contribution is -0.140. The normalized spacial score (nSPS) is 25.3. The number of carbonyl (C=O) groups excluding carboxylic acids is 2. The Bertz CT molecular complexity index is 1370. The van der Waals surface area contributed by atoms with Crippen molar-refractivity contribution in [2.75, 3.05) is 13.2 Å². The first kappa shape index (κ1) is 21.9. The van der Waals surface area contributed by atoms with E-state index in [0.29, 0.717) is 18.7 Å². The first-order chi connectivity index (χ1) is 17.0. The van der Waals surface area contributed by atoms with Crippen LogP contribution in [0.15, 0.2) is 66.2 Å². The molecule has 0 aromatic heterocycles. The maximum atomic E-state index is 13.4. The number of rotatable bonds is 4. The van der Waals surface area contributed by atoms with Crippen LogP contribution in [0.3, 0.4) is 0 Å². The van der Waals surface area contributed by atoms with E-state index in [9.17, 15) is 14.7 Å². The van der Waals surface area contributed by atoms with Crippen molar-refractivity contribution >= 4 is 28.2 Å². The van der Waals surface area contributed by atoms with Crippen molar-refractivity contribution in [3.05, 3.63) is 82.9 Å². The number of hydrogen-bond acceptors (Lipinski definition) is 5. The van der Waals surface area contributed by atoms with Gasteiger partial charge in [-0.05, 0) is 59.9 Å². The number of carbonyl (C=O) groups is 2. The maximum absolute atomic E-state index is 13.4. The molecule has 3 aliphatic rings. The molecule has 3 heterocycles. The van der Waals surface area contributed by atoms with E-state index in [-0.39, 0.29) is 23.5 Å². The van der Waals surface area contributed by atoms with Crippen molar-refractivity contribution in [1.82, 2.24) is 4.90 Å². The molecule has 6 rings (SSSR count). The van der Waals surface area contributed by atoms with Crippen LogP contribution < -0.4 is 4.74 Å². The van der Waals surface area contributed by atoms with Crippen molar-refractivity contribution < 1.29 is 24.2 Å². The summed E-state index contributed by atoms with van der Waals surface area (Å²) in [5.74, 6) is -0.626. The first-order valence-corrected chi connectivity index (χ1v) is 12.2. The van der Waals surface area contributed by atoms with Crippen LogP contribution in [0.25, 0.3) is 16.5 Å². The zero-order valence-corrected chi connectivity index (χ0v) is 19.6. The molecule has 178 valence electrons. The molecule has 1 amide bonds. The Morgan fingerprint density at radius 1 is 1.09 bits per heavy atom. The molecule has 2 fully saturated rings. The molecule has 0 bridgehead atoms. The molecular weight excluding hydrogens is 442 g/mol.